The second-order valence-corrected chi connectivity index (χ2v) is 8.60. The van der Waals surface area contributed by atoms with Crippen LogP contribution in [0.4, 0.5) is 0 Å². The maximum Gasteiger partial charge on any atom is 0.305 e. The largest absolute Gasteiger partial charge is 0.469 e. The van der Waals surface area contributed by atoms with E-state index in [0.29, 0.717) is 12.8 Å². The van der Waals surface area contributed by atoms with E-state index in [0.717, 1.165) is 19.3 Å². The molecule has 0 aromatic heterocycles. The number of esters is 1. The number of rotatable bonds is 20. The molecule has 0 aliphatic rings. The van der Waals surface area contributed by atoms with Gasteiger partial charge < -0.3 is 21.1 Å². The van der Waals surface area contributed by atoms with Gasteiger partial charge in [0.15, 0.2) is 0 Å². The Morgan fingerprint density at radius 1 is 0.812 bits per heavy atom. The van der Waals surface area contributed by atoms with Crippen LogP contribution < -0.4 is 16.4 Å². The van der Waals surface area contributed by atoms with Gasteiger partial charge in [-0.25, -0.2) is 0 Å². The van der Waals surface area contributed by atoms with Crippen molar-refractivity contribution in [3.8, 4) is 0 Å². The summed E-state index contributed by atoms with van der Waals surface area (Å²) in [6.45, 7) is 3.97. The third-order valence-electron chi connectivity index (χ3n) is 5.46. The molecule has 8 heteroatoms. The molecule has 0 unspecified atom stereocenters. The number of ether oxygens (including phenoxy) is 1. The minimum atomic E-state index is -1.01. The van der Waals surface area contributed by atoms with Crippen LogP contribution >= 0.6 is 0 Å². The highest BCUT2D eigenvalue weighted by atomic mass is 16.5. The molecule has 0 rings (SSSR count). The Morgan fingerprint density at radius 2 is 1.34 bits per heavy atom. The Balaban J connectivity index is 4.11. The maximum atomic E-state index is 12.4. The summed E-state index contributed by atoms with van der Waals surface area (Å²) in [5, 5.41) is 5.33. The Kier molecular flexibility index (Phi) is 18.3. The number of methoxy groups -OCH3 is 1. The van der Waals surface area contributed by atoms with Gasteiger partial charge in [-0.15, -0.1) is 0 Å². The molecule has 0 aliphatic heterocycles. The van der Waals surface area contributed by atoms with Crippen LogP contribution in [0, 0.1) is 0 Å². The summed E-state index contributed by atoms with van der Waals surface area (Å²) in [5.41, 5.74) is 5.24. The Bertz CT molecular complexity index is 554. The highest BCUT2D eigenvalue weighted by Gasteiger charge is 2.24. The van der Waals surface area contributed by atoms with E-state index in [2.05, 4.69) is 22.3 Å². The lowest BCUT2D eigenvalue weighted by Crippen LogP contribution is -2.50. The van der Waals surface area contributed by atoms with E-state index < -0.39 is 17.9 Å². The Morgan fingerprint density at radius 3 is 1.84 bits per heavy atom. The monoisotopic (exact) mass is 455 g/mol. The summed E-state index contributed by atoms with van der Waals surface area (Å²) in [4.78, 5) is 47.2. The summed E-state index contributed by atoms with van der Waals surface area (Å²) in [6, 6.07) is -1.31. The lowest BCUT2D eigenvalue weighted by Gasteiger charge is -2.20. The molecule has 4 N–H and O–H groups in total. The van der Waals surface area contributed by atoms with E-state index in [4.69, 9.17) is 5.73 Å². The molecule has 32 heavy (non-hydrogen) atoms. The van der Waals surface area contributed by atoms with E-state index in [-0.39, 0.29) is 30.8 Å². The van der Waals surface area contributed by atoms with E-state index in [1.54, 1.807) is 6.92 Å². The van der Waals surface area contributed by atoms with Crippen LogP contribution in [0.15, 0.2) is 0 Å². The van der Waals surface area contributed by atoms with Crippen molar-refractivity contribution in [1.82, 2.24) is 10.6 Å². The molecule has 8 nitrogen and oxygen atoms in total. The van der Waals surface area contributed by atoms with Crippen LogP contribution in [-0.4, -0.2) is 42.9 Å². The van der Waals surface area contributed by atoms with Gasteiger partial charge in [-0.3, -0.25) is 19.2 Å². The number of amides is 3. The number of carbonyl (C=O) groups excluding carboxylic acids is 4. The highest BCUT2D eigenvalue weighted by Crippen LogP contribution is 2.12. The molecular formula is C24H45N3O5. The second-order valence-electron chi connectivity index (χ2n) is 8.60. The molecule has 0 bridgehead atoms. The number of hydrogen-bond donors (Lipinski definition) is 3. The molecule has 0 spiro atoms. The van der Waals surface area contributed by atoms with Crippen molar-refractivity contribution in [3.05, 3.63) is 0 Å². The van der Waals surface area contributed by atoms with Crippen LogP contribution in [0.5, 0.6) is 0 Å². The van der Waals surface area contributed by atoms with Gasteiger partial charge in [0.05, 0.1) is 13.5 Å². The molecule has 0 saturated heterocycles. The van der Waals surface area contributed by atoms with E-state index in [1.807, 2.05) is 0 Å². The predicted octanol–water partition coefficient (Wildman–Crippen LogP) is 3.51. The molecule has 0 fully saturated rings. The fourth-order valence-electron chi connectivity index (χ4n) is 3.48. The zero-order valence-corrected chi connectivity index (χ0v) is 20.4. The van der Waals surface area contributed by atoms with Gasteiger partial charge in [0.1, 0.15) is 6.04 Å². The minimum Gasteiger partial charge on any atom is -0.469 e. The molecule has 0 heterocycles. The number of nitrogens with two attached hydrogens (primary N) is 1. The molecule has 0 radical (unpaired) electrons. The van der Waals surface area contributed by atoms with Crippen LogP contribution in [0.1, 0.15) is 110 Å². The average Bonchev–Trinajstić information content (AvgIpc) is 2.74. The number of carbonyl (C=O) groups is 4. The zero-order chi connectivity index (χ0) is 24.2. The van der Waals surface area contributed by atoms with Crippen LogP contribution in [0.2, 0.25) is 0 Å². The third kappa shape index (κ3) is 17.5. The summed E-state index contributed by atoms with van der Waals surface area (Å²) < 4.78 is 4.58. The van der Waals surface area contributed by atoms with Crippen molar-refractivity contribution in [1.29, 1.82) is 0 Å². The number of primary amides is 1. The molecule has 0 aromatic carbocycles. The van der Waals surface area contributed by atoms with Gasteiger partial charge >= 0.3 is 5.97 Å². The van der Waals surface area contributed by atoms with Gasteiger partial charge in [0.25, 0.3) is 0 Å². The maximum absolute atomic E-state index is 12.4. The van der Waals surface area contributed by atoms with Crippen molar-refractivity contribution in [2.75, 3.05) is 7.11 Å². The van der Waals surface area contributed by atoms with Crippen LogP contribution in [0.3, 0.4) is 0 Å². The molecule has 3 amide bonds. The summed E-state index contributed by atoms with van der Waals surface area (Å²) >= 11 is 0. The van der Waals surface area contributed by atoms with Gasteiger partial charge in [-0.05, 0) is 19.8 Å². The summed E-state index contributed by atoms with van der Waals surface area (Å²) in [5.74, 6) is -1.76. The predicted molar refractivity (Wildman–Crippen MR) is 126 cm³/mol. The first-order valence-corrected chi connectivity index (χ1v) is 12.2. The van der Waals surface area contributed by atoms with E-state index >= 15 is 0 Å². The molecule has 0 aliphatic carbocycles. The van der Waals surface area contributed by atoms with Gasteiger partial charge in [0, 0.05) is 18.9 Å². The lowest BCUT2D eigenvalue weighted by molar-refractivity contribution is -0.141. The molecule has 2 atom stereocenters. The minimum absolute atomic E-state index is 0.170. The molecular weight excluding hydrogens is 410 g/mol. The van der Waals surface area contributed by atoms with E-state index in [9.17, 15) is 19.2 Å². The van der Waals surface area contributed by atoms with Crippen molar-refractivity contribution >= 4 is 23.7 Å². The Hall–Kier alpha value is -2.12. The molecule has 186 valence electrons. The average molecular weight is 456 g/mol. The third-order valence-corrected chi connectivity index (χ3v) is 5.46. The number of unbranched alkanes of at least 4 members (excludes halogenated alkanes) is 10. The molecule has 0 saturated carbocycles. The van der Waals surface area contributed by atoms with Gasteiger partial charge in [-0.1, -0.05) is 71.1 Å². The van der Waals surface area contributed by atoms with Crippen LogP contribution in [-0.2, 0) is 23.9 Å². The Labute approximate surface area is 193 Å². The quantitative estimate of drug-likeness (QED) is 0.191. The van der Waals surface area contributed by atoms with Crippen molar-refractivity contribution < 1.29 is 23.9 Å². The fraction of sp³-hybridized carbons (Fsp3) is 0.833. The van der Waals surface area contributed by atoms with E-state index in [1.165, 1.54) is 58.5 Å². The zero-order valence-electron chi connectivity index (χ0n) is 20.4. The van der Waals surface area contributed by atoms with Gasteiger partial charge in [0.2, 0.25) is 17.7 Å². The highest BCUT2D eigenvalue weighted by molar-refractivity contribution is 5.91. The number of hydrogen-bond acceptors (Lipinski definition) is 5. The first kappa shape index (κ1) is 29.9. The topological polar surface area (TPSA) is 128 Å². The summed E-state index contributed by atoms with van der Waals surface area (Å²) in [7, 11) is 1.31. The number of nitrogens with one attached hydrogen (secondary N) is 2. The van der Waals surface area contributed by atoms with Crippen molar-refractivity contribution in [3.63, 3.8) is 0 Å². The lowest BCUT2D eigenvalue weighted by atomic mass is 10.0. The summed E-state index contributed by atoms with van der Waals surface area (Å²) in [6.07, 6.45) is 13.8. The van der Waals surface area contributed by atoms with Gasteiger partial charge in [-0.2, -0.15) is 0 Å². The first-order valence-electron chi connectivity index (χ1n) is 12.2. The first-order chi connectivity index (χ1) is 15.3. The van der Waals surface area contributed by atoms with Crippen molar-refractivity contribution in [2.24, 2.45) is 5.73 Å². The normalized spacial score (nSPS) is 12.6. The standard InChI is InChI=1S/C24H45N3O5/c1-4-5-6-7-8-9-10-11-12-13-14-15-22(29)27-20(18-21(25)28)24(31)26-19(2)16-17-23(30)32-3/h19-20H,4-18H2,1-3H3,(H2,25,28)(H,26,31)(H,27,29)/t19-,20+/m0/s1. The van der Waals surface area contributed by atoms with Crippen LogP contribution in [0.25, 0.3) is 0 Å². The smallest absolute Gasteiger partial charge is 0.305 e. The van der Waals surface area contributed by atoms with Crippen molar-refractivity contribution in [2.45, 2.75) is 122 Å². The molecule has 0 aromatic rings. The fourth-order valence-corrected chi connectivity index (χ4v) is 3.48. The second kappa shape index (κ2) is 19.6. The SMILES string of the molecule is CCCCCCCCCCCCCC(=O)N[C@H](CC(N)=O)C(=O)N[C@@H](C)CCC(=O)OC.